The lowest BCUT2D eigenvalue weighted by Gasteiger charge is -2.12. The van der Waals surface area contributed by atoms with Gasteiger partial charge in [-0.15, -0.1) is 4.40 Å². The molecule has 0 aromatic carbocycles. The van der Waals surface area contributed by atoms with Crippen molar-refractivity contribution in [2.75, 3.05) is 14.1 Å². The molecule has 2 heterocycles. The van der Waals surface area contributed by atoms with Crippen LogP contribution in [0, 0.1) is 0 Å². The van der Waals surface area contributed by atoms with Crippen LogP contribution in [0.25, 0.3) is 5.82 Å². The zero-order chi connectivity index (χ0) is 18.1. The second kappa shape index (κ2) is 6.44. The zero-order valence-electron chi connectivity index (χ0n) is 12.5. The van der Waals surface area contributed by atoms with Crippen molar-refractivity contribution in [1.82, 2.24) is 14.5 Å². The average molecular weight is 381 g/mol. The molecule has 0 aliphatic heterocycles. The van der Waals surface area contributed by atoms with Crippen molar-refractivity contribution in [2.45, 2.75) is 11.2 Å². The maximum absolute atomic E-state index is 12.7. The summed E-state index contributed by atoms with van der Waals surface area (Å²) >= 11 is 5.85. The van der Waals surface area contributed by atoms with E-state index in [0.717, 1.165) is 10.9 Å². The van der Waals surface area contributed by atoms with E-state index in [2.05, 4.69) is 9.38 Å². The largest absolute Gasteiger partial charge is 0.417 e. The maximum Gasteiger partial charge on any atom is 0.417 e. The maximum atomic E-state index is 12.7. The molecule has 0 N–H and O–H groups in total. The first-order chi connectivity index (χ1) is 11.0. The van der Waals surface area contributed by atoms with Crippen LogP contribution in [-0.4, -0.2) is 43.3 Å². The minimum absolute atomic E-state index is 0.145. The van der Waals surface area contributed by atoms with Crippen LogP contribution in [0.4, 0.5) is 13.2 Å². The van der Waals surface area contributed by atoms with Gasteiger partial charge in [-0.2, -0.15) is 21.6 Å². The van der Waals surface area contributed by atoms with Crippen LogP contribution in [0.2, 0.25) is 5.02 Å². The molecule has 0 saturated heterocycles. The van der Waals surface area contributed by atoms with Crippen molar-refractivity contribution >= 4 is 28.0 Å². The Balaban J connectivity index is 2.52. The molecule has 0 bridgehead atoms. The van der Waals surface area contributed by atoms with Gasteiger partial charge < -0.3 is 4.90 Å². The van der Waals surface area contributed by atoms with Gasteiger partial charge >= 0.3 is 6.18 Å². The molecule has 0 amide bonds. The number of aromatic nitrogens is 2. The van der Waals surface area contributed by atoms with Gasteiger partial charge in [0.25, 0.3) is 10.0 Å². The van der Waals surface area contributed by atoms with Gasteiger partial charge in [0.05, 0.1) is 10.6 Å². The lowest BCUT2D eigenvalue weighted by atomic mass is 10.3. The van der Waals surface area contributed by atoms with Gasteiger partial charge in [0.1, 0.15) is 6.34 Å². The van der Waals surface area contributed by atoms with Crippen LogP contribution in [0.5, 0.6) is 0 Å². The highest BCUT2D eigenvalue weighted by Crippen LogP contribution is 2.32. The molecule has 2 aromatic heterocycles. The molecule has 11 heteroatoms. The molecule has 2 rings (SSSR count). The minimum Gasteiger partial charge on any atom is -0.368 e. The Morgan fingerprint density at radius 1 is 1.38 bits per heavy atom. The number of rotatable bonds is 4. The second-order valence-electron chi connectivity index (χ2n) is 4.90. The van der Waals surface area contributed by atoms with Gasteiger partial charge in [-0.05, 0) is 18.2 Å². The summed E-state index contributed by atoms with van der Waals surface area (Å²) in [5, 5.41) is -0.608. The number of hydrogen-bond donors (Lipinski definition) is 0. The van der Waals surface area contributed by atoms with Gasteiger partial charge in [-0.1, -0.05) is 11.6 Å². The van der Waals surface area contributed by atoms with E-state index >= 15 is 0 Å². The van der Waals surface area contributed by atoms with Crippen LogP contribution in [0.3, 0.4) is 0 Å². The van der Waals surface area contributed by atoms with E-state index in [9.17, 15) is 21.6 Å². The number of hydrogen-bond acceptors (Lipinski definition) is 3. The standard InChI is InChI=1S/C13H12ClF3N4O2S/c1-20(2)8-19-24(22,23)11-4-3-5-21(11)12-10(14)6-9(7-18-12)13(15,16)17/h3-8H,1-2H3/b19-8-. The monoisotopic (exact) mass is 380 g/mol. The van der Waals surface area contributed by atoms with E-state index < -0.39 is 21.8 Å². The first-order valence-corrected chi connectivity index (χ1v) is 8.21. The fourth-order valence-electron chi connectivity index (χ4n) is 1.72. The molecule has 24 heavy (non-hydrogen) atoms. The third-order valence-corrected chi connectivity index (χ3v) is 4.28. The molecular weight excluding hydrogens is 369 g/mol. The van der Waals surface area contributed by atoms with Crippen molar-refractivity contribution in [3.63, 3.8) is 0 Å². The Morgan fingerprint density at radius 2 is 2.04 bits per heavy atom. The van der Waals surface area contributed by atoms with Crippen LogP contribution < -0.4 is 0 Å². The zero-order valence-corrected chi connectivity index (χ0v) is 14.1. The topological polar surface area (TPSA) is 67.6 Å². The summed E-state index contributed by atoms with van der Waals surface area (Å²) in [7, 11) is -0.897. The highest BCUT2D eigenvalue weighted by atomic mass is 35.5. The Bertz CT molecular complexity index is 876. The smallest absolute Gasteiger partial charge is 0.368 e. The molecule has 0 fully saturated rings. The van der Waals surface area contributed by atoms with Crippen molar-refractivity contribution in [3.8, 4) is 5.82 Å². The highest BCUT2D eigenvalue weighted by Gasteiger charge is 2.32. The molecule has 0 aliphatic rings. The Labute approximate surface area is 141 Å². The quantitative estimate of drug-likeness (QED) is 0.604. The fraction of sp³-hybridized carbons (Fsp3) is 0.231. The van der Waals surface area contributed by atoms with Gasteiger partial charge in [0.15, 0.2) is 10.8 Å². The normalized spacial score (nSPS) is 12.8. The van der Waals surface area contributed by atoms with E-state index in [4.69, 9.17) is 11.6 Å². The van der Waals surface area contributed by atoms with Crippen molar-refractivity contribution in [1.29, 1.82) is 0 Å². The van der Waals surface area contributed by atoms with Gasteiger partial charge in [0.2, 0.25) is 0 Å². The predicted octanol–water partition coefficient (Wildman–Crippen LogP) is 2.82. The van der Waals surface area contributed by atoms with Gasteiger partial charge in [0, 0.05) is 26.5 Å². The van der Waals surface area contributed by atoms with Gasteiger partial charge in [-0.3, -0.25) is 4.57 Å². The summed E-state index contributed by atoms with van der Waals surface area (Å²) in [6.07, 6.45) is -1.61. The summed E-state index contributed by atoms with van der Waals surface area (Å²) < 4.78 is 67.0. The molecule has 0 radical (unpaired) electrons. The molecule has 0 atom stereocenters. The number of nitrogens with zero attached hydrogens (tertiary/aromatic N) is 4. The lowest BCUT2D eigenvalue weighted by molar-refractivity contribution is -0.137. The van der Waals surface area contributed by atoms with E-state index in [1.807, 2.05) is 0 Å². The van der Waals surface area contributed by atoms with E-state index in [1.165, 1.54) is 23.2 Å². The molecule has 0 saturated carbocycles. The Kier molecular flexibility index (Phi) is 4.90. The number of halogens is 4. The summed E-state index contributed by atoms with van der Waals surface area (Å²) in [4.78, 5) is 5.07. The second-order valence-corrected chi connectivity index (χ2v) is 6.89. The number of pyridine rings is 1. The summed E-state index contributed by atoms with van der Waals surface area (Å²) in [5.41, 5.74) is -1.03. The minimum atomic E-state index is -4.60. The first-order valence-electron chi connectivity index (χ1n) is 6.40. The number of sulfonamides is 1. The van der Waals surface area contributed by atoms with Crippen LogP contribution in [0.15, 0.2) is 40.0 Å². The van der Waals surface area contributed by atoms with Crippen molar-refractivity contribution in [2.24, 2.45) is 4.40 Å². The summed E-state index contributed by atoms with van der Waals surface area (Å²) in [6.45, 7) is 0. The molecule has 0 unspecified atom stereocenters. The third-order valence-electron chi connectivity index (χ3n) is 2.77. The van der Waals surface area contributed by atoms with Gasteiger partial charge in [-0.25, -0.2) is 4.98 Å². The molecule has 130 valence electrons. The summed E-state index contributed by atoms with van der Waals surface area (Å²) in [5.74, 6) is -0.145. The fourth-order valence-corrected chi connectivity index (χ4v) is 3.05. The SMILES string of the molecule is CN(C)/C=N\S(=O)(=O)c1cccn1-c1ncc(C(F)(F)F)cc1Cl. The van der Waals surface area contributed by atoms with E-state index in [-0.39, 0.29) is 15.9 Å². The summed E-state index contributed by atoms with van der Waals surface area (Å²) in [6, 6.07) is 3.33. The first kappa shape index (κ1) is 18.3. The van der Waals surface area contributed by atoms with Crippen molar-refractivity contribution < 1.29 is 21.6 Å². The Morgan fingerprint density at radius 3 is 2.58 bits per heavy atom. The molecule has 2 aromatic rings. The number of alkyl halides is 3. The molecule has 6 nitrogen and oxygen atoms in total. The predicted molar refractivity (Wildman–Crippen MR) is 82.9 cm³/mol. The molecule has 0 aliphatic carbocycles. The van der Waals surface area contributed by atoms with Crippen LogP contribution in [-0.2, 0) is 16.2 Å². The van der Waals surface area contributed by atoms with Crippen LogP contribution >= 0.6 is 11.6 Å². The highest BCUT2D eigenvalue weighted by molar-refractivity contribution is 7.90. The molecular formula is C13H12ClF3N4O2S. The van der Waals surface area contributed by atoms with E-state index in [1.54, 1.807) is 14.1 Å². The third kappa shape index (κ3) is 3.88. The Hall–Kier alpha value is -2.07. The van der Waals surface area contributed by atoms with Crippen molar-refractivity contribution in [3.05, 3.63) is 41.2 Å². The molecule has 0 spiro atoms. The lowest BCUT2D eigenvalue weighted by Crippen LogP contribution is -2.13. The average Bonchev–Trinajstić information content (AvgIpc) is 2.94. The van der Waals surface area contributed by atoms with E-state index in [0.29, 0.717) is 12.3 Å². The van der Waals surface area contributed by atoms with Crippen LogP contribution in [0.1, 0.15) is 5.56 Å².